The van der Waals surface area contributed by atoms with Crippen LogP contribution in [0.4, 0.5) is 10.5 Å². The molecule has 158 valence electrons. The summed E-state index contributed by atoms with van der Waals surface area (Å²) in [5, 5.41) is 6.98. The molecule has 2 fully saturated rings. The molecule has 0 aromatic carbocycles. The monoisotopic (exact) mass is 413 g/mol. The van der Waals surface area contributed by atoms with Crippen LogP contribution >= 0.6 is 0 Å². The van der Waals surface area contributed by atoms with Crippen LogP contribution < -0.4 is 14.3 Å². The fourth-order valence-corrected chi connectivity index (χ4v) is 5.67. The molecule has 9 nitrogen and oxygen atoms in total. The van der Waals surface area contributed by atoms with E-state index in [0.717, 1.165) is 19.3 Å². The van der Waals surface area contributed by atoms with Gasteiger partial charge in [0, 0.05) is 32.5 Å². The Hall–Kier alpha value is -1.81. The van der Waals surface area contributed by atoms with Crippen molar-refractivity contribution in [3.8, 4) is 0 Å². The number of carbonyl (C=O) groups is 1. The molecular weight excluding hydrogens is 382 g/mol. The van der Waals surface area contributed by atoms with Gasteiger partial charge in [0.15, 0.2) is 0 Å². The Morgan fingerprint density at radius 2 is 1.86 bits per heavy atom. The Balaban J connectivity index is 1.76. The van der Waals surface area contributed by atoms with E-state index in [1.165, 1.54) is 10.5 Å². The highest BCUT2D eigenvalue weighted by atomic mass is 32.2. The summed E-state index contributed by atoms with van der Waals surface area (Å²) in [5.41, 5.74) is 0.439. The van der Waals surface area contributed by atoms with Crippen molar-refractivity contribution in [1.82, 2.24) is 19.8 Å². The van der Waals surface area contributed by atoms with E-state index in [2.05, 4.69) is 29.0 Å². The van der Waals surface area contributed by atoms with Gasteiger partial charge < -0.3 is 10.1 Å². The largest absolute Gasteiger partial charge is 0.381 e. The van der Waals surface area contributed by atoms with Gasteiger partial charge in [0.05, 0.1) is 17.9 Å². The predicted octanol–water partition coefficient (Wildman–Crippen LogP) is 1.77. The Morgan fingerprint density at radius 1 is 1.21 bits per heavy atom. The van der Waals surface area contributed by atoms with Crippen LogP contribution in [-0.4, -0.2) is 49.5 Å². The Morgan fingerprint density at radius 3 is 2.43 bits per heavy atom. The second-order valence-electron chi connectivity index (χ2n) is 8.00. The molecule has 1 aromatic heterocycles. The molecular formula is C18H31N5O4S. The maximum atomic E-state index is 13.1. The molecule has 2 aliphatic rings. The normalized spacial score (nSPS) is 26.6. The zero-order chi connectivity index (χ0) is 20.3. The summed E-state index contributed by atoms with van der Waals surface area (Å²) in [4.78, 5) is 12.6. The molecule has 1 saturated heterocycles. The predicted molar refractivity (Wildman–Crippen MR) is 106 cm³/mol. The van der Waals surface area contributed by atoms with E-state index in [0.29, 0.717) is 43.6 Å². The highest BCUT2D eigenvalue weighted by Crippen LogP contribution is 2.29. The van der Waals surface area contributed by atoms with Gasteiger partial charge in [-0.1, -0.05) is 20.3 Å². The average Bonchev–Trinajstić information content (AvgIpc) is 3.04. The van der Waals surface area contributed by atoms with Crippen molar-refractivity contribution in [2.45, 2.75) is 58.0 Å². The van der Waals surface area contributed by atoms with E-state index < -0.39 is 16.2 Å². The SMILES string of the molecule is CC1CCCC(C)C1NC(=O)NS(=O)(=O)N(c1cnn(C)c1)C1CCOCC1. The minimum Gasteiger partial charge on any atom is -0.381 e. The van der Waals surface area contributed by atoms with Gasteiger partial charge in [-0.15, -0.1) is 0 Å². The zero-order valence-electron chi connectivity index (χ0n) is 16.8. The number of rotatable bonds is 5. The van der Waals surface area contributed by atoms with E-state index in [1.54, 1.807) is 17.9 Å². The van der Waals surface area contributed by atoms with Crippen molar-refractivity contribution >= 4 is 21.9 Å². The van der Waals surface area contributed by atoms with Gasteiger partial charge in [0.1, 0.15) is 0 Å². The average molecular weight is 414 g/mol. The van der Waals surface area contributed by atoms with Crippen molar-refractivity contribution in [2.24, 2.45) is 18.9 Å². The number of nitrogens with zero attached hydrogens (tertiary/aromatic N) is 3. The Bertz CT molecular complexity index is 765. The number of urea groups is 1. The van der Waals surface area contributed by atoms with Crippen LogP contribution in [0.1, 0.15) is 46.0 Å². The first-order valence-corrected chi connectivity index (χ1v) is 11.4. The zero-order valence-corrected chi connectivity index (χ0v) is 17.6. The summed E-state index contributed by atoms with van der Waals surface area (Å²) in [5.74, 6) is 0.643. The first kappa shape index (κ1) is 20.9. The lowest BCUT2D eigenvalue weighted by atomic mass is 9.79. The van der Waals surface area contributed by atoms with E-state index in [-0.39, 0.29) is 12.1 Å². The van der Waals surface area contributed by atoms with E-state index in [1.807, 2.05) is 0 Å². The summed E-state index contributed by atoms with van der Waals surface area (Å²) >= 11 is 0. The molecule has 0 bridgehead atoms. The third kappa shape index (κ3) is 4.78. The van der Waals surface area contributed by atoms with Crippen LogP contribution in [0.15, 0.2) is 12.4 Å². The minimum absolute atomic E-state index is 0.0288. The molecule has 2 amide bonds. The summed E-state index contributed by atoms with van der Waals surface area (Å²) < 4.78 is 36.7. The van der Waals surface area contributed by atoms with Gasteiger partial charge in [0.25, 0.3) is 0 Å². The highest BCUT2D eigenvalue weighted by molar-refractivity contribution is 7.91. The topological polar surface area (TPSA) is 106 Å². The van der Waals surface area contributed by atoms with Crippen LogP contribution in [0.25, 0.3) is 0 Å². The van der Waals surface area contributed by atoms with Crippen molar-refractivity contribution in [3.05, 3.63) is 12.4 Å². The molecule has 1 aliphatic carbocycles. The third-order valence-corrected chi connectivity index (χ3v) is 7.26. The molecule has 2 heterocycles. The smallest absolute Gasteiger partial charge is 0.330 e. The van der Waals surface area contributed by atoms with Crippen LogP contribution in [0.2, 0.25) is 0 Å². The molecule has 2 unspecified atom stereocenters. The lowest BCUT2D eigenvalue weighted by Gasteiger charge is -2.36. The van der Waals surface area contributed by atoms with Gasteiger partial charge in [-0.05, 0) is 37.5 Å². The van der Waals surface area contributed by atoms with E-state index in [4.69, 9.17) is 4.74 Å². The lowest BCUT2D eigenvalue weighted by molar-refractivity contribution is 0.0875. The molecule has 0 radical (unpaired) electrons. The number of aromatic nitrogens is 2. The molecule has 10 heteroatoms. The van der Waals surface area contributed by atoms with E-state index >= 15 is 0 Å². The number of anilines is 1. The quantitative estimate of drug-likeness (QED) is 0.765. The Labute approximate surface area is 167 Å². The number of nitrogens with one attached hydrogen (secondary N) is 2. The lowest BCUT2D eigenvalue weighted by Crippen LogP contribution is -2.55. The summed E-state index contributed by atoms with van der Waals surface area (Å²) in [6.07, 6.45) is 7.47. The number of aryl methyl sites for hydroxylation is 1. The van der Waals surface area contributed by atoms with Crippen LogP contribution in [0.5, 0.6) is 0 Å². The molecule has 1 saturated carbocycles. The number of ether oxygens (including phenoxy) is 1. The van der Waals surface area contributed by atoms with Crippen molar-refractivity contribution in [1.29, 1.82) is 0 Å². The minimum atomic E-state index is -4.08. The molecule has 3 rings (SSSR count). The molecule has 2 atom stereocenters. The van der Waals surface area contributed by atoms with Crippen LogP contribution in [0.3, 0.4) is 0 Å². The standard InChI is InChI=1S/C18H31N5O4S/c1-13-5-4-6-14(2)17(13)20-18(24)21-28(25,26)23(15-7-9-27-10-8-15)16-11-19-22(3)12-16/h11-15,17H,4-10H2,1-3H3,(H2,20,21,24). The van der Waals surface area contributed by atoms with Crippen molar-refractivity contribution < 1.29 is 17.9 Å². The number of hydrogen-bond donors (Lipinski definition) is 2. The molecule has 2 N–H and O–H groups in total. The van der Waals surface area contributed by atoms with Gasteiger partial charge in [-0.25, -0.2) is 13.8 Å². The molecule has 1 aliphatic heterocycles. The summed E-state index contributed by atoms with van der Waals surface area (Å²) in [6.45, 7) is 5.17. The number of hydrogen-bond acceptors (Lipinski definition) is 5. The third-order valence-electron chi connectivity index (χ3n) is 5.79. The fourth-order valence-electron chi connectivity index (χ4n) is 4.30. The van der Waals surface area contributed by atoms with E-state index in [9.17, 15) is 13.2 Å². The summed E-state index contributed by atoms with van der Waals surface area (Å²) in [7, 11) is -2.36. The van der Waals surface area contributed by atoms with Gasteiger partial charge >= 0.3 is 16.2 Å². The Kier molecular flexibility index (Phi) is 6.49. The first-order chi connectivity index (χ1) is 13.3. The molecule has 1 aromatic rings. The second-order valence-corrected chi connectivity index (χ2v) is 9.55. The van der Waals surface area contributed by atoms with Gasteiger partial charge in [-0.2, -0.15) is 13.5 Å². The first-order valence-electron chi connectivity index (χ1n) is 9.97. The fraction of sp³-hybridized carbons (Fsp3) is 0.778. The maximum absolute atomic E-state index is 13.1. The summed E-state index contributed by atoms with van der Waals surface area (Å²) in [6, 6.07) is -0.985. The van der Waals surface area contributed by atoms with Crippen LogP contribution in [0, 0.1) is 11.8 Å². The molecule has 0 spiro atoms. The van der Waals surface area contributed by atoms with Crippen molar-refractivity contribution in [2.75, 3.05) is 17.5 Å². The number of amides is 2. The maximum Gasteiger partial charge on any atom is 0.330 e. The van der Waals surface area contributed by atoms with Crippen molar-refractivity contribution in [3.63, 3.8) is 0 Å². The second kappa shape index (κ2) is 8.69. The van der Waals surface area contributed by atoms with Gasteiger partial charge in [0.2, 0.25) is 0 Å². The number of carbonyl (C=O) groups excluding carboxylic acids is 1. The molecule has 28 heavy (non-hydrogen) atoms. The van der Waals surface area contributed by atoms with Gasteiger partial charge in [-0.3, -0.25) is 4.68 Å². The highest BCUT2D eigenvalue weighted by Gasteiger charge is 2.35. The van der Waals surface area contributed by atoms with Crippen LogP contribution in [-0.2, 0) is 22.0 Å².